The van der Waals surface area contributed by atoms with E-state index in [1.807, 2.05) is 31.5 Å². The molecule has 0 saturated heterocycles. The maximum absolute atomic E-state index is 13.3. The maximum Gasteiger partial charge on any atom is 0.291 e. The van der Waals surface area contributed by atoms with E-state index < -0.39 is 27.0 Å². The first-order valence-corrected chi connectivity index (χ1v) is 13.0. The summed E-state index contributed by atoms with van der Waals surface area (Å²) < 4.78 is 58.6. The second-order valence-electron chi connectivity index (χ2n) is 8.65. The fourth-order valence-electron chi connectivity index (χ4n) is 3.89. The molecule has 4 aromatic rings. The molecule has 4 aromatic heterocycles. The number of nitriles is 1. The molecule has 1 N–H and O–H groups in total. The molecule has 1 fully saturated rings. The van der Waals surface area contributed by atoms with Crippen molar-refractivity contribution in [2.45, 2.75) is 56.5 Å². The zero-order valence-electron chi connectivity index (χ0n) is 18.9. The van der Waals surface area contributed by atoms with Gasteiger partial charge in [-0.3, -0.25) is 9.08 Å². The molecule has 182 valence electrons. The van der Waals surface area contributed by atoms with Gasteiger partial charge in [-0.1, -0.05) is 11.3 Å². The van der Waals surface area contributed by atoms with Gasteiger partial charge in [0.15, 0.2) is 15.8 Å². The van der Waals surface area contributed by atoms with Crippen LogP contribution in [0.25, 0.3) is 27.5 Å². The minimum Gasteiger partial charge on any atom is -0.296 e. The average Bonchev–Trinajstić information content (AvgIpc) is 3.16. The van der Waals surface area contributed by atoms with Gasteiger partial charge in [-0.25, -0.2) is 22.2 Å². The molecule has 10 nitrogen and oxygen atoms in total. The molecule has 14 heteroatoms. The average molecular weight is 519 g/mol. The Hall–Kier alpha value is -3.28. The Bertz CT molecular complexity index is 1590. The number of nitrogens with zero attached hydrogens (tertiary/aromatic N) is 7. The van der Waals surface area contributed by atoms with E-state index in [9.17, 15) is 22.5 Å². The largest absolute Gasteiger partial charge is 0.296 e. The molecule has 1 aliphatic carbocycles. The van der Waals surface area contributed by atoms with Gasteiger partial charge in [0.1, 0.15) is 5.54 Å². The minimum absolute atomic E-state index is 0.0772. The normalized spacial score (nSPS) is 15.3. The third kappa shape index (κ3) is 3.99. The molecule has 0 bridgehead atoms. The zero-order chi connectivity index (χ0) is 25.1. The summed E-state index contributed by atoms with van der Waals surface area (Å²) in [7, 11) is -4.10. The van der Waals surface area contributed by atoms with Crippen LogP contribution >= 0.6 is 11.3 Å². The van der Waals surface area contributed by atoms with Crippen molar-refractivity contribution in [2.24, 2.45) is 0 Å². The Morgan fingerprint density at radius 2 is 1.97 bits per heavy atom. The molecule has 35 heavy (non-hydrogen) atoms. The number of hydrogen-bond acceptors (Lipinski definition) is 8. The number of imidazole rings is 1. The SMILES string of the molecule is Cc1c(-c2cc(S(=O)(=O)NC3(C#N)CC3)cn3c(-c4nnc(C(F)F)s4)ncc23)cnn1C(C)C. The van der Waals surface area contributed by atoms with E-state index in [-0.39, 0.29) is 21.8 Å². The van der Waals surface area contributed by atoms with Gasteiger partial charge in [-0.15, -0.1) is 10.2 Å². The monoisotopic (exact) mass is 518 g/mol. The van der Waals surface area contributed by atoms with Crippen molar-refractivity contribution >= 4 is 26.9 Å². The van der Waals surface area contributed by atoms with Crippen LogP contribution in [0, 0.1) is 18.3 Å². The van der Waals surface area contributed by atoms with Gasteiger partial charge in [0, 0.05) is 29.1 Å². The molecular weight excluding hydrogens is 498 g/mol. The minimum atomic E-state index is -4.10. The smallest absolute Gasteiger partial charge is 0.291 e. The van der Waals surface area contributed by atoms with Gasteiger partial charge in [0.2, 0.25) is 10.0 Å². The molecule has 4 heterocycles. The molecular formula is C21H20F2N8O2S2. The van der Waals surface area contributed by atoms with Crippen LogP contribution in [-0.2, 0) is 10.0 Å². The van der Waals surface area contributed by atoms with Gasteiger partial charge in [-0.2, -0.15) is 15.1 Å². The van der Waals surface area contributed by atoms with E-state index in [2.05, 4.69) is 25.0 Å². The van der Waals surface area contributed by atoms with Crippen LogP contribution < -0.4 is 4.72 Å². The number of nitrogens with one attached hydrogen (secondary N) is 1. The maximum atomic E-state index is 13.3. The summed E-state index contributed by atoms with van der Waals surface area (Å²) in [5, 5.41) is 20.8. The Labute approximate surface area is 203 Å². The van der Waals surface area contributed by atoms with Gasteiger partial charge in [0.25, 0.3) is 6.43 Å². The first-order chi connectivity index (χ1) is 16.5. The summed E-state index contributed by atoms with van der Waals surface area (Å²) in [5.41, 5.74) is 1.48. The fourth-order valence-corrected chi connectivity index (χ4v) is 5.98. The Kier molecular flexibility index (Phi) is 5.46. The number of halogens is 2. The Morgan fingerprint density at radius 1 is 1.23 bits per heavy atom. The summed E-state index contributed by atoms with van der Waals surface area (Å²) >= 11 is 0.683. The number of alkyl halides is 2. The molecule has 0 spiro atoms. The first kappa shape index (κ1) is 23.5. The number of rotatable bonds is 7. The number of pyridine rings is 1. The highest BCUT2D eigenvalue weighted by molar-refractivity contribution is 7.89. The van der Waals surface area contributed by atoms with Crippen LogP contribution in [-0.4, -0.2) is 43.3 Å². The molecule has 0 amide bonds. The van der Waals surface area contributed by atoms with E-state index in [0.717, 1.165) is 5.69 Å². The quantitative estimate of drug-likeness (QED) is 0.393. The predicted octanol–water partition coefficient (Wildman–Crippen LogP) is 3.88. The second kappa shape index (κ2) is 8.14. The highest BCUT2D eigenvalue weighted by Gasteiger charge is 2.47. The standard InChI is InChI=1S/C21H20F2N8O2S2/c1-11(2)31-12(3)15(7-26-31)14-6-13(35(32,33)29-21(10-24)4-5-21)9-30-16(14)8-25-18(30)20-28-27-19(34-20)17(22)23/h6-9,11,17,29H,4-5H2,1-3H3. The van der Waals surface area contributed by atoms with E-state index in [4.69, 9.17) is 0 Å². The lowest BCUT2D eigenvalue weighted by Crippen LogP contribution is -2.35. The number of hydrogen-bond donors (Lipinski definition) is 1. The Balaban J connectivity index is 1.74. The van der Waals surface area contributed by atoms with Crippen molar-refractivity contribution in [2.75, 3.05) is 0 Å². The molecule has 0 aliphatic heterocycles. The van der Waals surface area contributed by atoms with Crippen molar-refractivity contribution in [3.63, 3.8) is 0 Å². The molecule has 0 radical (unpaired) electrons. The summed E-state index contributed by atoms with van der Waals surface area (Å²) in [6.07, 6.45) is 2.60. The molecule has 1 aliphatic rings. The lowest BCUT2D eigenvalue weighted by Gasteiger charge is -2.14. The zero-order valence-corrected chi connectivity index (χ0v) is 20.5. The van der Waals surface area contributed by atoms with Crippen molar-refractivity contribution in [1.29, 1.82) is 5.26 Å². The summed E-state index contributed by atoms with van der Waals surface area (Å²) in [4.78, 5) is 4.25. The van der Waals surface area contributed by atoms with Crippen LogP contribution in [0.2, 0.25) is 0 Å². The molecule has 5 rings (SSSR count). The summed E-state index contributed by atoms with van der Waals surface area (Å²) in [6.45, 7) is 5.84. The van der Waals surface area contributed by atoms with E-state index in [1.165, 1.54) is 22.9 Å². The first-order valence-electron chi connectivity index (χ1n) is 10.7. The fraction of sp³-hybridized carbons (Fsp3) is 0.381. The van der Waals surface area contributed by atoms with Crippen molar-refractivity contribution in [3.05, 3.63) is 35.4 Å². The highest BCUT2D eigenvalue weighted by Crippen LogP contribution is 2.38. The van der Waals surface area contributed by atoms with Gasteiger partial charge < -0.3 is 0 Å². The lowest BCUT2D eigenvalue weighted by molar-refractivity contribution is 0.150. The molecule has 1 saturated carbocycles. The van der Waals surface area contributed by atoms with Crippen molar-refractivity contribution in [1.82, 2.24) is 34.1 Å². The van der Waals surface area contributed by atoms with E-state index >= 15 is 0 Å². The summed E-state index contributed by atoms with van der Waals surface area (Å²) in [6, 6.07) is 3.61. The van der Waals surface area contributed by atoms with E-state index in [1.54, 1.807) is 6.20 Å². The third-order valence-corrected chi connectivity index (χ3v) is 8.29. The van der Waals surface area contributed by atoms with Gasteiger partial charge in [0.05, 0.1) is 28.9 Å². The number of fused-ring (bicyclic) bond motifs is 1. The molecule has 0 aromatic carbocycles. The van der Waals surface area contributed by atoms with Gasteiger partial charge in [-0.05, 0) is 39.7 Å². The predicted molar refractivity (Wildman–Crippen MR) is 123 cm³/mol. The van der Waals surface area contributed by atoms with Gasteiger partial charge >= 0.3 is 0 Å². The topological polar surface area (TPSA) is 131 Å². The van der Waals surface area contributed by atoms with Crippen LogP contribution in [0.15, 0.2) is 29.6 Å². The van der Waals surface area contributed by atoms with Crippen molar-refractivity contribution in [3.8, 4) is 28.0 Å². The van der Waals surface area contributed by atoms with Crippen LogP contribution in [0.5, 0.6) is 0 Å². The number of sulfonamides is 1. The lowest BCUT2D eigenvalue weighted by atomic mass is 10.1. The third-order valence-electron chi connectivity index (χ3n) is 5.86. The Morgan fingerprint density at radius 3 is 2.54 bits per heavy atom. The van der Waals surface area contributed by atoms with Crippen LogP contribution in [0.4, 0.5) is 8.78 Å². The van der Waals surface area contributed by atoms with E-state index in [0.29, 0.717) is 40.8 Å². The van der Waals surface area contributed by atoms with Crippen molar-refractivity contribution < 1.29 is 17.2 Å². The van der Waals surface area contributed by atoms with Crippen LogP contribution in [0.3, 0.4) is 0 Å². The molecule has 0 unspecified atom stereocenters. The number of aromatic nitrogens is 6. The summed E-state index contributed by atoms with van der Waals surface area (Å²) in [5.74, 6) is 0.179. The highest BCUT2D eigenvalue weighted by atomic mass is 32.2. The molecule has 0 atom stereocenters. The van der Waals surface area contributed by atoms with Crippen LogP contribution in [0.1, 0.15) is 49.9 Å². The second-order valence-corrected chi connectivity index (χ2v) is 11.3.